The van der Waals surface area contributed by atoms with Gasteiger partial charge in [0, 0.05) is 12.1 Å². The number of carbonyl (C=O) groups excluding carboxylic acids is 3. The molecule has 0 bridgehead atoms. The topological polar surface area (TPSA) is 116 Å². The van der Waals surface area contributed by atoms with Gasteiger partial charge in [-0.25, -0.2) is 4.79 Å². The lowest BCUT2D eigenvalue weighted by Crippen LogP contribution is -2.32. The highest BCUT2D eigenvalue weighted by Crippen LogP contribution is 2.32. The number of nitrogens with zero attached hydrogens (tertiary/aromatic N) is 2. The minimum atomic E-state index is -0.736. The van der Waals surface area contributed by atoms with Crippen molar-refractivity contribution in [2.45, 2.75) is 6.92 Å². The van der Waals surface area contributed by atoms with Crippen LogP contribution >= 0.6 is 11.8 Å². The molecule has 4 rings (SSSR count). The Kier molecular flexibility index (Phi) is 7.45. The fraction of sp³-hybridized carbons (Fsp3) is 0.115. The molecule has 2 amide bonds. The van der Waals surface area contributed by atoms with Crippen molar-refractivity contribution in [3.8, 4) is 11.5 Å². The molecule has 0 unspecified atom stereocenters. The summed E-state index contributed by atoms with van der Waals surface area (Å²) in [6.07, 6.45) is 1.58. The number of imide groups is 1. The summed E-state index contributed by atoms with van der Waals surface area (Å²) in [5.41, 5.74) is 1.57. The van der Waals surface area contributed by atoms with Crippen LogP contribution in [-0.4, -0.2) is 40.1 Å². The van der Waals surface area contributed by atoms with Crippen molar-refractivity contribution >= 4 is 40.6 Å². The van der Waals surface area contributed by atoms with Gasteiger partial charge in [-0.2, -0.15) is 0 Å². The molecule has 182 valence electrons. The van der Waals surface area contributed by atoms with Gasteiger partial charge in [0.25, 0.3) is 16.8 Å². The van der Waals surface area contributed by atoms with Gasteiger partial charge in [0.15, 0.2) is 0 Å². The molecular weight excluding hydrogens is 484 g/mol. The van der Waals surface area contributed by atoms with E-state index < -0.39 is 16.8 Å². The molecule has 3 aromatic rings. The monoisotopic (exact) mass is 504 g/mol. The Morgan fingerprint density at radius 1 is 1.03 bits per heavy atom. The summed E-state index contributed by atoms with van der Waals surface area (Å²) in [5.74, 6) is -0.251. The highest BCUT2D eigenvalue weighted by molar-refractivity contribution is 8.18. The molecule has 36 heavy (non-hydrogen) atoms. The van der Waals surface area contributed by atoms with E-state index >= 15 is 0 Å². The zero-order valence-corrected chi connectivity index (χ0v) is 19.9. The summed E-state index contributed by atoms with van der Waals surface area (Å²) in [6.45, 7) is 2.28. The second-order valence-electron chi connectivity index (χ2n) is 7.76. The Hall–Kier alpha value is -4.44. The third kappa shape index (κ3) is 5.97. The summed E-state index contributed by atoms with van der Waals surface area (Å²) in [4.78, 5) is 49.0. The van der Waals surface area contributed by atoms with E-state index in [1.165, 1.54) is 30.3 Å². The molecule has 0 saturated carbocycles. The van der Waals surface area contributed by atoms with Crippen molar-refractivity contribution in [2.75, 3.05) is 13.2 Å². The summed E-state index contributed by atoms with van der Waals surface area (Å²) in [6, 6.07) is 19.0. The van der Waals surface area contributed by atoms with E-state index in [1.54, 1.807) is 18.2 Å². The fourth-order valence-corrected chi connectivity index (χ4v) is 4.14. The van der Waals surface area contributed by atoms with Crippen molar-refractivity contribution < 1.29 is 28.8 Å². The Balaban J connectivity index is 1.35. The number of hydrogen-bond donors (Lipinski definition) is 0. The number of esters is 1. The molecule has 1 aliphatic rings. The number of nitro groups is 1. The highest BCUT2D eigenvalue weighted by atomic mass is 32.2. The van der Waals surface area contributed by atoms with Gasteiger partial charge in [-0.3, -0.25) is 24.6 Å². The molecule has 1 heterocycles. The maximum absolute atomic E-state index is 12.7. The number of hydrogen-bond acceptors (Lipinski definition) is 8. The lowest BCUT2D eigenvalue weighted by atomic mass is 10.2. The van der Waals surface area contributed by atoms with Crippen LogP contribution in [0.5, 0.6) is 11.5 Å². The lowest BCUT2D eigenvalue weighted by Gasteiger charge is -2.13. The van der Waals surface area contributed by atoms with E-state index in [-0.39, 0.29) is 40.3 Å². The lowest BCUT2D eigenvalue weighted by molar-refractivity contribution is -0.384. The quantitative estimate of drug-likeness (QED) is 0.134. The Morgan fingerprint density at radius 2 is 1.72 bits per heavy atom. The van der Waals surface area contributed by atoms with Crippen molar-refractivity contribution in [3.63, 3.8) is 0 Å². The molecule has 0 spiro atoms. The molecular formula is C26H20N2O7S. The molecule has 9 nitrogen and oxygen atoms in total. The second-order valence-corrected chi connectivity index (χ2v) is 8.75. The van der Waals surface area contributed by atoms with Gasteiger partial charge in [-0.05, 0) is 60.7 Å². The Bertz CT molecular complexity index is 1350. The van der Waals surface area contributed by atoms with Crippen molar-refractivity contribution in [1.82, 2.24) is 4.90 Å². The predicted molar refractivity (Wildman–Crippen MR) is 134 cm³/mol. The van der Waals surface area contributed by atoms with Crippen molar-refractivity contribution in [2.24, 2.45) is 0 Å². The third-order valence-corrected chi connectivity index (χ3v) is 6.07. The minimum absolute atomic E-state index is 0.0494. The van der Waals surface area contributed by atoms with Crippen LogP contribution in [0.1, 0.15) is 21.5 Å². The average molecular weight is 505 g/mol. The number of amides is 2. The van der Waals surface area contributed by atoms with Gasteiger partial charge in [0.05, 0.1) is 21.9 Å². The molecule has 1 saturated heterocycles. The van der Waals surface area contributed by atoms with E-state index in [1.807, 2.05) is 31.2 Å². The maximum atomic E-state index is 12.7. The first-order chi connectivity index (χ1) is 17.3. The minimum Gasteiger partial charge on any atom is -0.492 e. The van der Waals surface area contributed by atoms with Crippen LogP contribution in [0.4, 0.5) is 10.5 Å². The van der Waals surface area contributed by atoms with Gasteiger partial charge in [0.1, 0.15) is 18.1 Å². The Labute approximate surface area is 210 Å². The van der Waals surface area contributed by atoms with Gasteiger partial charge < -0.3 is 9.47 Å². The highest BCUT2D eigenvalue weighted by Gasteiger charge is 2.34. The van der Waals surface area contributed by atoms with E-state index in [4.69, 9.17) is 9.47 Å². The predicted octanol–water partition coefficient (Wildman–Crippen LogP) is 5.24. The zero-order valence-electron chi connectivity index (χ0n) is 19.1. The molecule has 3 aromatic carbocycles. The van der Waals surface area contributed by atoms with Crippen molar-refractivity contribution in [3.05, 3.63) is 105 Å². The number of ether oxygens (including phenoxy) is 2. The van der Waals surface area contributed by atoms with E-state index in [0.29, 0.717) is 11.3 Å². The van der Waals surface area contributed by atoms with Gasteiger partial charge in [-0.1, -0.05) is 35.9 Å². The van der Waals surface area contributed by atoms with Crippen LogP contribution in [0, 0.1) is 17.0 Å². The van der Waals surface area contributed by atoms with Gasteiger partial charge >= 0.3 is 5.97 Å². The first kappa shape index (κ1) is 24.7. The smallest absolute Gasteiger partial charge is 0.343 e. The van der Waals surface area contributed by atoms with Crippen LogP contribution in [0.3, 0.4) is 0 Å². The number of thioether (sulfide) groups is 1. The van der Waals surface area contributed by atoms with Crippen LogP contribution in [0.2, 0.25) is 0 Å². The molecule has 0 aliphatic carbocycles. The molecule has 1 aliphatic heterocycles. The summed E-state index contributed by atoms with van der Waals surface area (Å²) in [5, 5.41) is 10.5. The largest absolute Gasteiger partial charge is 0.492 e. The maximum Gasteiger partial charge on any atom is 0.343 e. The number of rotatable bonds is 8. The Morgan fingerprint density at radius 3 is 2.42 bits per heavy atom. The number of carbonyl (C=O) groups is 3. The number of nitro benzene ring substituents is 1. The zero-order chi connectivity index (χ0) is 25.7. The van der Waals surface area contributed by atoms with Crippen LogP contribution < -0.4 is 9.47 Å². The summed E-state index contributed by atoms with van der Waals surface area (Å²) < 4.78 is 10.9. The van der Waals surface area contributed by atoms with Gasteiger partial charge in [0.2, 0.25) is 0 Å². The molecule has 0 N–H and O–H groups in total. The standard InChI is InChI=1S/C26H20N2O7S/c1-17-5-9-21(10-6-17)34-14-13-27-24(29)23(36-26(27)31)15-18-7-11-22(12-8-18)35-25(30)19-3-2-4-20(16-19)28(32)33/h2-12,15-16H,13-14H2,1H3/b23-15-. The summed E-state index contributed by atoms with van der Waals surface area (Å²) in [7, 11) is 0. The fourth-order valence-electron chi connectivity index (χ4n) is 3.28. The van der Waals surface area contributed by atoms with Crippen LogP contribution in [-0.2, 0) is 4.79 Å². The SMILES string of the molecule is Cc1ccc(OCCN2C(=O)S/C(=C\c3ccc(OC(=O)c4cccc([N+](=O)[O-])c4)cc3)C2=O)cc1. The van der Waals surface area contributed by atoms with Crippen molar-refractivity contribution in [1.29, 1.82) is 0 Å². The average Bonchev–Trinajstić information content (AvgIpc) is 3.13. The number of aryl methyl sites for hydroxylation is 1. The third-order valence-electron chi connectivity index (χ3n) is 5.16. The van der Waals surface area contributed by atoms with E-state index in [9.17, 15) is 24.5 Å². The first-order valence-electron chi connectivity index (χ1n) is 10.8. The van der Waals surface area contributed by atoms with E-state index in [0.717, 1.165) is 28.3 Å². The van der Waals surface area contributed by atoms with Crippen LogP contribution in [0.15, 0.2) is 77.7 Å². The number of benzene rings is 3. The summed E-state index contributed by atoms with van der Waals surface area (Å²) >= 11 is 0.843. The molecule has 10 heteroatoms. The molecule has 0 atom stereocenters. The first-order valence-corrected chi connectivity index (χ1v) is 11.6. The number of non-ortho nitro benzene ring substituents is 1. The second kappa shape index (κ2) is 10.9. The van der Waals surface area contributed by atoms with Crippen LogP contribution in [0.25, 0.3) is 6.08 Å². The van der Waals surface area contributed by atoms with Gasteiger partial charge in [-0.15, -0.1) is 0 Å². The van der Waals surface area contributed by atoms with E-state index in [2.05, 4.69) is 0 Å². The normalized spacial score (nSPS) is 14.2. The molecule has 1 fully saturated rings. The molecule has 0 aromatic heterocycles. The molecule has 0 radical (unpaired) electrons.